The van der Waals surface area contributed by atoms with E-state index in [2.05, 4.69) is 18.1 Å². The zero-order chi connectivity index (χ0) is 16.7. The van der Waals surface area contributed by atoms with Gasteiger partial charge in [-0.1, -0.05) is 18.2 Å². The van der Waals surface area contributed by atoms with E-state index in [1.807, 2.05) is 40.8 Å². The lowest BCUT2D eigenvalue weighted by atomic mass is 10.1. The van der Waals surface area contributed by atoms with Crippen LogP contribution in [0.2, 0.25) is 0 Å². The van der Waals surface area contributed by atoms with Gasteiger partial charge in [0.25, 0.3) is 5.91 Å². The molecule has 1 saturated heterocycles. The monoisotopic (exact) mass is 325 g/mol. The van der Waals surface area contributed by atoms with Gasteiger partial charge in [0.15, 0.2) is 6.10 Å². The smallest absolute Gasteiger partial charge is 0.264 e. The number of likely N-dealkylation sites (tertiary alicyclic amines) is 1. The molecule has 1 fully saturated rings. The summed E-state index contributed by atoms with van der Waals surface area (Å²) in [7, 11) is 0. The number of para-hydroxylation sites is 1. The molecule has 0 radical (unpaired) electrons. The lowest BCUT2D eigenvalue weighted by Gasteiger charge is -2.27. The maximum atomic E-state index is 13.0. The van der Waals surface area contributed by atoms with Crippen LogP contribution in [0.3, 0.4) is 0 Å². The lowest BCUT2D eigenvalue weighted by molar-refractivity contribution is -0.139. The average molecular weight is 325 g/mol. The first kappa shape index (κ1) is 15.2. The molecule has 2 aliphatic rings. The summed E-state index contributed by atoms with van der Waals surface area (Å²) in [6.45, 7) is 5.66. The highest BCUT2D eigenvalue weighted by molar-refractivity contribution is 5.83. The largest absolute Gasteiger partial charge is 0.480 e. The number of aromatic nitrogens is 2. The zero-order valence-electron chi connectivity index (χ0n) is 14.2. The van der Waals surface area contributed by atoms with Crippen LogP contribution in [0, 0.1) is 13.8 Å². The zero-order valence-corrected chi connectivity index (χ0v) is 14.2. The van der Waals surface area contributed by atoms with Crippen LogP contribution < -0.4 is 4.74 Å². The predicted octanol–water partition coefficient (Wildman–Crippen LogP) is 2.49. The summed E-state index contributed by atoms with van der Waals surface area (Å²) in [5, 5.41) is 4.54. The van der Waals surface area contributed by atoms with Gasteiger partial charge in [-0.2, -0.15) is 5.10 Å². The molecular formula is C19H23N3O2. The maximum absolute atomic E-state index is 13.0. The molecule has 5 heteroatoms. The number of hydrogen-bond acceptors (Lipinski definition) is 3. The minimum Gasteiger partial charge on any atom is -0.480 e. The van der Waals surface area contributed by atoms with Gasteiger partial charge in [-0.15, -0.1) is 0 Å². The Bertz CT molecular complexity index is 743. The molecule has 24 heavy (non-hydrogen) atoms. The van der Waals surface area contributed by atoms with Gasteiger partial charge >= 0.3 is 0 Å². The van der Waals surface area contributed by atoms with Crippen molar-refractivity contribution in [2.24, 2.45) is 0 Å². The first-order chi connectivity index (χ1) is 11.6. The third-order valence-corrected chi connectivity index (χ3v) is 5.07. The second kappa shape index (κ2) is 5.96. The Morgan fingerprint density at radius 3 is 2.92 bits per heavy atom. The first-order valence-corrected chi connectivity index (χ1v) is 8.68. The molecule has 0 saturated carbocycles. The summed E-state index contributed by atoms with van der Waals surface area (Å²) in [5.41, 5.74) is 3.31. The minimum atomic E-state index is -0.372. The number of carbonyl (C=O) groups excluding carboxylic acids is 1. The molecule has 0 aliphatic carbocycles. The third-order valence-electron chi connectivity index (χ3n) is 5.07. The van der Waals surface area contributed by atoms with Crippen LogP contribution in [-0.4, -0.2) is 39.3 Å². The summed E-state index contributed by atoms with van der Waals surface area (Å²) in [4.78, 5) is 15.0. The van der Waals surface area contributed by atoms with Crippen LogP contribution in [0.4, 0.5) is 0 Å². The number of fused-ring (bicyclic) bond motifs is 1. The number of aryl methyl sites for hydroxylation is 2. The molecule has 3 heterocycles. The maximum Gasteiger partial charge on any atom is 0.264 e. The highest BCUT2D eigenvalue weighted by atomic mass is 16.5. The van der Waals surface area contributed by atoms with Crippen molar-refractivity contribution in [3.05, 3.63) is 47.3 Å². The van der Waals surface area contributed by atoms with Gasteiger partial charge in [-0.25, -0.2) is 0 Å². The van der Waals surface area contributed by atoms with Gasteiger partial charge in [0, 0.05) is 18.7 Å². The van der Waals surface area contributed by atoms with E-state index in [9.17, 15) is 4.79 Å². The van der Waals surface area contributed by atoms with Crippen LogP contribution in [0.25, 0.3) is 0 Å². The van der Waals surface area contributed by atoms with Crippen LogP contribution >= 0.6 is 0 Å². The fraction of sp³-hybridized carbons (Fsp3) is 0.474. The topological polar surface area (TPSA) is 47.4 Å². The molecule has 126 valence electrons. The molecule has 2 atom stereocenters. The van der Waals surface area contributed by atoms with Crippen LogP contribution in [0.5, 0.6) is 5.75 Å². The molecule has 2 aromatic rings. The predicted molar refractivity (Wildman–Crippen MR) is 91.0 cm³/mol. The molecule has 2 aliphatic heterocycles. The van der Waals surface area contributed by atoms with Gasteiger partial charge < -0.3 is 9.64 Å². The van der Waals surface area contributed by atoms with Crippen molar-refractivity contribution in [3.8, 4) is 5.75 Å². The molecule has 0 spiro atoms. The molecule has 0 N–H and O–H groups in total. The number of hydrogen-bond donors (Lipinski definition) is 0. The summed E-state index contributed by atoms with van der Waals surface area (Å²) in [5.74, 6) is 0.973. The second-order valence-corrected chi connectivity index (χ2v) is 6.86. The number of amides is 1. The van der Waals surface area contributed by atoms with Crippen molar-refractivity contribution in [2.75, 3.05) is 6.54 Å². The van der Waals surface area contributed by atoms with E-state index in [0.717, 1.165) is 48.6 Å². The molecule has 4 rings (SSSR count). The Balaban J connectivity index is 1.47. The Morgan fingerprint density at radius 1 is 1.33 bits per heavy atom. The van der Waals surface area contributed by atoms with Gasteiger partial charge in [-0.3, -0.25) is 9.48 Å². The summed E-state index contributed by atoms with van der Waals surface area (Å²) in [6.07, 6.45) is 2.39. The number of benzene rings is 1. The van der Waals surface area contributed by atoms with Crippen LogP contribution in [0.1, 0.15) is 29.8 Å². The summed E-state index contributed by atoms with van der Waals surface area (Å²) >= 11 is 0. The molecule has 0 unspecified atom stereocenters. The SMILES string of the molecule is Cc1cc(C)n(C[C@@H]2CCCN2C(=O)[C@H]2Cc3ccccc3O2)n1. The Hall–Kier alpha value is -2.30. The highest BCUT2D eigenvalue weighted by Crippen LogP contribution is 2.30. The first-order valence-electron chi connectivity index (χ1n) is 8.68. The third kappa shape index (κ3) is 2.68. The molecule has 5 nitrogen and oxygen atoms in total. The minimum absolute atomic E-state index is 0.121. The van der Waals surface area contributed by atoms with E-state index in [-0.39, 0.29) is 18.1 Å². The van der Waals surface area contributed by atoms with Crippen molar-refractivity contribution in [2.45, 2.75) is 51.8 Å². The molecule has 1 aromatic carbocycles. The van der Waals surface area contributed by atoms with Gasteiger partial charge in [0.2, 0.25) is 0 Å². The second-order valence-electron chi connectivity index (χ2n) is 6.86. The van der Waals surface area contributed by atoms with E-state index < -0.39 is 0 Å². The van der Waals surface area contributed by atoms with E-state index in [4.69, 9.17) is 4.74 Å². The van der Waals surface area contributed by atoms with E-state index >= 15 is 0 Å². The van der Waals surface area contributed by atoms with Crippen LogP contribution in [0.15, 0.2) is 30.3 Å². The van der Waals surface area contributed by atoms with Gasteiger partial charge in [0.05, 0.1) is 18.3 Å². The number of nitrogens with zero attached hydrogens (tertiary/aromatic N) is 3. The van der Waals surface area contributed by atoms with Gasteiger partial charge in [0.1, 0.15) is 5.75 Å². The Morgan fingerprint density at radius 2 is 2.17 bits per heavy atom. The summed E-state index contributed by atoms with van der Waals surface area (Å²) < 4.78 is 7.92. The van der Waals surface area contributed by atoms with Crippen molar-refractivity contribution < 1.29 is 9.53 Å². The normalized spacial score (nSPS) is 22.5. The average Bonchev–Trinajstić information content (AvgIpc) is 3.26. The molecule has 1 aromatic heterocycles. The van der Waals surface area contributed by atoms with Crippen molar-refractivity contribution >= 4 is 5.91 Å². The highest BCUT2D eigenvalue weighted by Gasteiger charge is 2.37. The Labute approximate surface area is 142 Å². The van der Waals surface area contributed by atoms with Crippen molar-refractivity contribution in [1.82, 2.24) is 14.7 Å². The molecule has 0 bridgehead atoms. The van der Waals surface area contributed by atoms with Crippen molar-refractivity contribution in [3.63, 3.8) is 0 Å². The molecular weight excluding hydrogens is 302 g/mol. The summed E-state index contributed by atoms with van der Waals surface area (Å²) in [6, 6.07) is 10.2. The number of ether oxygens (including phenoxy) is 1. The standard InChI is InChI=1S/C19H23N3O2/c1-13-10-14(2)22(20-13)12-16-7-5-9-21(16)19(23)18-11-15-6-3-4-8-17(15)24-18/h3-4,6,8,10,16,18H,5,7,9,11-12H2,1-2H3/t16-,18+/m0/s1. The van der Waals surface area contributed by atoms with Gasteiger partial charge in [-0.05, 0) is 44.4 Å². The van der Waals surface area contributed by atoms with E-state index in [0.29, 0.717) is 6.42 Å². The van der Waals surface area contributed by atoms with E-state index in [1.54, 1.807) is 0 Å². The number of carbonyl (C=O) groups is 1. The quantitative estimate of drug-likeness (QED) is 0.871. The van der Waals surface area contributed by atoms with Crippen molar-refractivity contribution in [1.29, 1.82) is 0 Å². The fourth-order valence-electron chi connectivity index (χ4n) is 3.88. The molecule has 1 amide bonds. The lowest BCUT2D eigenvalue weighted by Crippen LogP contribution is -2.45. The Kier molecular flexibility index (Phi) is 3.79. The van der Waals surface area contributed by atoms with E-state index in [1.165, 1.54) is 0 Å². The van der Waals surface area contributed by atoms with Crippen LogP contribution in [-0.2, 0) is 17.8 Å². The number of rotatable bonds is 3. The fourth-order valence-corrected chi connectivity index (χ4v) is 3.88.